The molecule has 0 aliphatic heterocycles. The molecule has 0 bridgehead atoms. The number of likely N-dealkylation sites (N-methyl/N-ethyl adjacent to an activating group) is 1. The van der Waals surface area contributed by atoms with Gasteiger partial charge in [0.05, 0.1) is 12.2 Å². The van der Waals surface area contributed by atoms with Gasteiger partial charge in [-0.3, -0.25) is 4.79 Å². The fraction of sp³-hybridized carbons (Fsp3) is 0.300. The molecule has 1 amide bonds. The fourth-order valence-electron chi connectivity index (χ4n) is 1.13. The van der Waals surface area contributed by atoms with Crippen molar-refractivity contribution in [3.63, 3.8) is 0 Å². The molecule has 1 aromatic rings. The Balaban J connectivity index is 2.91. The van der Waals surface area contributed by atoms with E-state index in [1.54, 1.807) is 0 Å². The predicted octanol–water partition coefficient (Wildman–Crippen LogP) is 0.596. The summed E-state index contributed by atoms with van der Waals surface area (Å²) in [6.45, 7) is -0.0406. The summed E-state index contributed by atoms with van der Waals surface area (Å²) in [7, 11) is 1.46. The molecule has 0 radical (unpaired) electrons. The number of carbonyl (C=O) groups excluding carboxylic acids is 1. The van der Waals surface area contributed by atoms with Gasteiger partial charge in [-0.2, -0.15) is 0 Å². The van der Waals surface area contributed by atoms with E-state index in [1.165, 1.54) is 24.1 Å². The topological polar surface area (TPSA) is 60.8 Å². The molecule has 0 aliphatic rings. The van der Waals surface area contributed by atoms with Gasteiger partial charge in [-0.05, 0) is 12.1 Å². The Morgan fingerprint density at radius 2 is 2.20 bits per heavy atom. The Hall–Kier alpha value is -1.62. The Morgan fingerprint density at radius 3 is 2.73 bits per heavy atom. The zero-order chi connectivity index (χ0) is 11.4. The summed E-state index contributed by atoms with van der Waals surface area (Å²) in [5.41, 5.74) is -0.122. The summed E-state index contributed by atoms with van der Waals surface area (Å²) < 4.78 is 13.2. The van der Waals surface area contributed by atoms with Crippen LogP contribution in [0, 0.1) is 5.82 Å². The summed E-state index contributed by atoms with van der Waals surface area (Å²) in [4.78, 5) is 12.8. The van der Waals surface area contributed by atoms with Crippen molar-refractivity contribution in [3.05, 3.63) is 29.6 Å². The Bertz CT molecular complexity index is 368. The maximum absolute atomic E-state index is 13.2. The first kappa shape index (κ1) is 11.5. The van der Waals surface area contributed by atoms with E-state index in [9.17, 15) is 9.18 Å². The standard InChI is InChI=1S/C10H12FNO3/c1-12(4-5-13)10(15)8-3-2-7(14)6-9(8)11/h2-3,6,13-14H,4-5H2,1H3. The maximum atomic E-state index is 13.2. The number of nitrogens with zero attached hydrogens (tertiary/aromatic N) is 1. The number of halogens is 1. The van der Waals surface area contributed by atoms with E-state index in [-0.39, 0.29) is 24.5 Å². The molecule has 0 fully saturated rings. The first-order valence-electron chi connectivity index (χ1n) is 4.41. The highest BCUT2D eigenvalue weighted by Crippen LogP contribution is 2.16. The molecular formula is C10H12FNO3. The quantitative estimate of drug-likeness (QED) is 0.772. The number of phenols is 1. The average Bonchev–Trinajstić information content (AvgIpc) is 2.17. The SMILES string of the molecule is CN(CCO)C(=O)c1ccc(O)cc1F. The fourth-order valence-corrected chi connectivity index (χ4v) is 1.13. The van der Waals surface area contributed by atoms with Crippen LogP contribution in [-0.2, 0) is 0 Å². The van der Waals surface area contributed by atoms with Gasteiger partial charge in [-0.15, -0.1) is 0 Å². The number of rotatable bonds is 3. The van der Waals surface area contributed by atoms with Gasteiger partial charge in [0.25, 0.3) is 5.91 Å². The molecule has 0 saturated heterocycles. The number of phenolic OH excluding ortho intramolecular Hbond substituents is 1. The van der Waals surface area contributed by atoms with E-state index in [0.717, 1.165) is 6.07 Å². The molecule has 4 nitrogen and oxygen atoms in total. The van der Waals surface area contributed by atoms with Gasteiger partial charge in [0, 0.05) is 19.7 Å². The molecule has 1 rings (SSSR count). The zero-order valence-corrected chi connectivity index (χ0v) is 8.27. The largest absolute Gasteiger partial charge is 0.508 e. The number of aliphatic hydroxyl groups is 1. The molecular weight excluding hydrogens is 201 g/mol. The molecule has 0 aliphatic carbocycles. The van der Waals surface area contributed by atoms with Crippen LogP contribution in [0.4, 0.5) is 4.39 Å². The van der Waals surface area contributed by atoms with Crippen LogP contribution in [0.3, 0.4) is 0 Å². The van der Waals surface area contributed by atoms with Crippen LogP contribution in [0.1, 0.15) is 10.4 Å². The van der Waals surface area contributed by atoms with Gasteiger partial charge < -0.3 is 15.1 Å². The molecule has 0 unspecified atom stereocenters. The highest BCUT2D eigenvalue weighted by atomic mass is 19.1. The van der Waals surface area contributed by atoms with E-state index in [2.05, 4.69) is 0 Å². The van der Waals surface area contributed by atoms with Crippen molar-refractivity contribution in [2.45, 2.75) is 0 Å². The van der Waals surface area contributed by atoms with Gasteiger partial charge in [0.1, 0.15) is 11.6 Å². The van der Waals surface area contributed by atoms with Crippen molar-refractivity contribution < 1.29 is 19.4 Å². The third kappa shape index (κ3) is 2.66. The Labute approximate surface area is 86.6 Å². The summed E-state index contributed by atoms with van der Waals surface area (Å²) in [5, 5.41) is 17.6. The number of hydrogen-bond acceptors (Lipinski definition) is 3. The number of benzene rings is 1. The highest BCUT2D eigenvalue weighted by Gasteiger charge is 2.15. The van der Waals surface area contributed by atoms with Crippen molar-refractivity contribution in [2.24, 2.45) is 0 Å². The predicted molar refractivity (Wildman–Crippen MR) is 52.1 cm³/mol. The van der Waals surface area contributed by atoms with E-state index in [0.29, 0.717) is 0 Å². The van der Waals surface area contributed by atoms with Crippen LogP contribution >= 0.6 is 0 Å². The van der Waals surface area contributed by atoms with E-state index in [1.807, 2.05) is 0 Å². The lowest BCUT2D eigenvalue weighted by atomic mass is 10.2. The number of carbonyl (C=O) groups is 1. The van der Waals surface area contributed by atoms with E-state index >= 15 is 0 Å². The van der Waals surface area contributed by atoms with Crippen LogP contribution in [0.2, 0.25) is 0 Å². The summed E-state index contributed by atoms with van der Waals surface area (Å²) >= 11 is 0. The minimum absolute atomic E-state index is 0.122. The van der Waals surface area contributed by atoms with Gasteiger partial charge in [0.15, 0.2) is 0 Å². The lowest BCUT2D eigenvalue weighted by molar-refractivity contribution is 0.0762. The van der Waals surface area contributed by atoms with Crippen LogP contribution in [0.25, 0.3) is 0 Å². The average molecular weight is 213 g/mol. The molecule has 0 heterocycles. The molecule has 2 N–H and O–H groups in total. The Kier molecular flexibility index (Phi) is 3.62. The second kappa shape index (κ2) is 4.75. The third-order valence-corrected chi connectivity index (χ3v) is 1.97. The molecule has 5 heteroatoms. The number of amides is 1. The monoisotopic (exact) mass is 213 g/mol. The van der Waals surface area contributed by atoms with Crippen LogP contribution in [-0.4, -0.2) is 41.2 Å². The van der Waals surface area contributed by atoms with Gasteiger partial charge in [-0.1, -0.05) is 0 Å². The minimum atomic E-state index is -0.773. The molecule has 0 saturated carbocycles. The van der Waals surface area contributed by atoms with Crippen LogP contribution < -0.4 is 0 Å². The molecule has 0 atom stereocenters. The second-order valence-electron chi connectivity index (χ2n) is 3.11. The van der Waals surface area contributed by atoms with Gasteiger partial charge in [-0.25, -0.2) is 4.39 Å². The van der Waals surface area contributed by atoms with Gasteiger partial charge in [0.2, 0.25) is 0 Å². The van der Waals surface area contributed by atoms with Gasteiger partial charge >= 0.3 is 0 Å². The maximum Gasteiger partial charge on any atom is 0.256 e. The summed E-state index contributed by atoms with van der Waals surface area (Å²) in [6, 6.07) is 3.32. The lowest BCUT2D eigenvalue weighted by Crippen LogP contribution is -2.30. The van der Waals surface area contributed by atoms with Crippen molar-refractivity contribution in [2.75, 3.05) is 20.2 Å². The first-order chi connectivity index (χ1) is 7.06. The lowest BCUT2D eigenvalue weighted by Gasteiger charge is -2.15. The molecule has 82 valence electrons. The third-order valence-electron chi connectivity index (χ3n) is 1.97. The van der Waals surface area contributed by atoms with E-state index in [4.69, 9.17) is 10.2 Å². The molecule has 15 heavy (non-hydrogen) atoms. The van der Waals surface area contributed by atoms with Crippen molar-refractivity contribution in [3.8, 4) is 5.75 Å². The summed E-state index contributed by atoms with van der Waals surface area (Å²) in [5.74, 6) is -1.53. The van der Waals surface area contributed by atoms with Crippen LogP contribution in [0.5, 0.6) is 5.75 Å². The number of aromatic hydroxyl groups is 1. The minimum Gasteiger partial charge on any atom is -0.508 e. The highest BCUT2D eigenvalue weighted by molar-refractivity contribution is 5.94. The number of aliphatic hydroxyl groups excluding tert-OH is 1. The summed E-state index contributed by atoms with van der Waals surface area (Å²) in [6.07, 6.45) is 0. The first-order valence-corrected chi connectivity index (χ1v) is 4.41. The number of hydrogen-bond donors (Lipinski definition) is 2. The molecule has 0 aromatic heterocycles. The van der Waals surface area contributed by atoms with Crippen molar-refractivity contribution in [1.82, 2.24) is 4.90 Å². The normalized spacial score (nSPS) is 10.1. The van der Waals surface area contributed by atoms with Crippen molar-refractivity contribution in [1.29, 1.82) is 0 Å². The van der Waals surface area contributed by atoms with Crippen LogP contribution in [0.15, 0.2) is 18.2 Å². The molecule has 0 spiro atoms. The smallest absolute Gasteiger partial charge is 0.256 e. The molecule has 1 aromatic carbocycles. The zero-order valence-electron chi connectivity index (χ0n) is 8.27. The second-order valence-corrected chi connectivity index (χ2v) is 3.11. The van der Waals surface area contributed by atoms with Crippen molar-refractivity contribution >= 4 is 5.91 Å². The van der Waals surface area contributed by atoms with E-state index < -0.39 is 11.7 Å². The Morgan fingerprint density at radius 1 is 1.53 bits per heavy atom.